The van der Waals surface area contributed by atoms with Crippen LogP contribution < -0.4 is 10.2 Å². The first-order valence-corrected chi connectivity index (χ1v) is 12.3. The second-order valence-corrected chi connectivity index (χ2v) is 9.74. The smallest absolute Gasteiger partial charge is 0.358 e. The number of esters is 1. The second-order valence-electron chi connectivity index (χ2n) is 9.74. The van der Waals surface area contributed by atoms with Gasteiger partial charge < -0.3 is 29.8 Å². The monoisotopic (exact) mass is 486 g/mol. The summed E-state index contributed by atoms with van der Waals surface area (Å²) in [5, 5.41) is 12.6. The molecule has 2 aromatic rings. The zero-order valence-electron chi connectivity index (χ0n) is 21.3. The number of carboxylic acids is 1. The van der Waals surface area contributed by atoms with Gasteiger partial charge in [0.15, 0.2) is 5.69 Å². The minimum absolute atomic E-state index is 0.0444. The van der Waals surface area contributed by atoms with Crippen molar-refractivity contribution < 1.29 is 24.2 Å². The van der Waals surface area contributed by atoms with E-state index in [1.165, 1.54) is 13.3 Å². The number of anilines is 3. The molecule has 1 fully saturated rings. The van der Waals surface area contributed by atoms with Crippen LogP contribution in [-0.2, 0) is 14.3 Å². The number of hydrogen-bond acceptors (Lipinski definition) is 7. The molecule has 9 heteroatoms. The van der Waals surface area contributed by atoms with E-state index in [1.807, 2.05) is 19.1 Å². The fourth-order valence-corrected chi connectivity index (χ4v) is 4.74. The molecule has 0 unspecified atom stereocenters. The number of H-pyrrole nitrogens is 1. The van der Waals surface area contributed by atoms with Crippen molar-refractivity contribution in [2.45, 2.75) is 70.9 Å². The van der Waals surface area contributed by atoms with Gasteiger partial charge in [-0.05, 0) is 55.2 Å². The maximum Gasteiger partial charge on any atom is 0.358 e. The average molecular weight is 487 g/mol. The second kappa shape index (κ2) is 12.1. The first kappa shape index (κ1) is 26.5. The third-order valence-electron chi connectivity index (χ3n) is 6.59. The molecule has 1 aromatic heterocycles. The van der Waals surface area contributed by atoms with E-state index in [1.54, 1.807) is 7.11 Å². The molecule has 0 spiro atoms. The predicted molar refractivity (Wildman–Crippen MR) is 136 cm³/mol. The van der Waals surface area contributed by atoms with Crippen molar-refractivity contribution in [3.8, 4) is 0 Å². The van der Waals surface area contributed by atoms with Crippen LogP contribution in [0, 0.1) is 5.92 Å². The quantitative estimate of drug-likeness (QED) is 0.383. The Hall–Kier alpha value is -3.07. The Labute approximate surface area is 207 Å². The molecule has 9 nitrogen and oxygen atoms in total. The van der Waals surface area contributed by atoms with E-state index in [0.717, 1.165) is 49.2 Å². The maximum absolute atomic E-state index is 11.9. The van der Waals surface area contributed by atoms with Crippen LogP contribution in [0.1, 0.15) is 74.8 Å². The van der Waals surface area contributed by atoms with Gasteiger partial charge in [0.1, 0.15) is 0 Å². The number of benzene rings is 1. The maximum atomic E-state index is 11.9. The lowest BCUT2D eigenvalue weighted by Crippen LogP contribution is -2.41. The number of aromatic nitrogens is 2. The van der Waals surface area contributed by atoms with Gasteiger partial charge in [-0.1, -0.05) is 26.8 Å². The van der Waals surface area contributed by atoms with Crippen molar-refractivity contribution in [1.82, 2.24) is 9.97 Å². The van der Waals surface area contributed by atoms with E-state index < -0.39 is 11.9 Å². The number of hydrogen-bond donors (Lipinski definition) is 3. The lowest BCUT2D eigenvalue weighted by molar-refractivity contribution is -0.137. The molecule has 1 aliphatic carbocycles. The number of nitrogens with one attached hydrogen (secondary N) is 2. The SMILES string of the molecule is COC(=O)c1c[nH]c(Nc2cc([C@H](C)CC(=O)O)ccc2N(CC(C)C)[C@H]2CC[C@@H](OC)CC2)n1. The summed E-state index contributed by atoms with van der Waals surface area (Å²) in [7, 11) is 3.10. The van der Waals surface area contributed by atoms with E-state index in [4.69, 9.17) is 9.47 Å². The molecular formula is C26H38N4O5. The Morgan fingerprint density at radius 2 is 1.91 bits per heavy atom. The van der Waals surface area contributed by atoms with Crippen LogP contribution in [0.2, 0.25) is 0 Å². The number of methoxy groups -OCH3 is 2. The third-order valence-corrected chi connectivity index (χ3v) is 6.59. The lowest BCUT2D eigenvalue weighted by atomic mass is 9.90. The Kier molecular flexibility index (Phi) is 9.14. The molecule has 0 radical (unpaired) electrons. The highest BCUT2D eigenvalue weighted by atomic mass is 16.5. The number of aliphatic carboxylic acids is 1. The van der Waals surface area contributed by atoms with Gasteiger partial charge in [-0.3, -0.25) is 4.79 Å². The highest BCUT2D eigenvalue weighted by Crippen LogP contribution is 2.37. The largest absolute Gasteiger partial charge is 0.481 e. The Bertz CT molecular complexity index is 997. The zero-order chi connectivity index (χ0) is 25.5. The summed E-state index contributed by atoms with van der Waals surface area (Å²) in [6.45, 7) is 7.21. The molecule has 192 valence electrons. The van der Waals surface area contributed by atoms with Gasteiger partial charge in [-0.2, -0.15) is 0 Å². The van der Waals surface area contributed by atoms with Crippen molar-refractivity contribution >= 4 is 29.3 Å². The molecule has 1 heterocycles. The van der Waals surface area contributed by atoms with Crippen molar-refractivity contribution in [1.29, 1.82) is 0 Å². The Balaban J connectivity index is 1.98. The van der Waals surface area contributed by atoms with E-state index in [9.17, 15) is 14.7 Å². The number of imidazole rings is 1. The molecule has 3 rings (SSSR count). The fourth-order valence-electron chi connectivity index (χ4n) is 4.74. The summed E-state index contributed by atoms with van der Waals surface area (Å²) in [6, 6.07) is 6.46. The first-order valence-electron chi connectivity index (χ1n) is 12.3. The summed E-state index contributed by atoms with van der Waals surface area (Å²) >= 11 is 0. The van der Waals surface area contributed by atoms with E-state index >= 15 is 0 Å². The third kappa shape index (κ3) is 6.97. The topological polar surface area (TPSA) is 117 Å². The van der Waals surface area contributed by atoms with Crippen molar-refractivity contribution in [3.63, 3.8) is 0 Å². The zero-order valence-corrected chi connectivity index (χ0v) is 21.3. The minimum atomic E-state index is -0.832. The fraction of sp³-hybridized carbons (Fsp3) is 0.577. The average Bonchev–Trinajstić information content (AvgIpc) is 3.30. The van der Waals surface area contributed by atoms with E-state index in [-0.39, 0.29) is 18.0 Å². The summed E-state index contributed by atoms with van der Waals surface area (Å²) in [5.74, 6) is -0.638. The van der Waals surface area contributed by atoms with Gasteiger partial charge in [0.25, 0.3) is 0 Å². The first-order chi connectivity index (χ1) is 16.7. The molecule has 0 bridgehead atoms. The van der Waals surface area contributed by atoms with Crippen LogP contribution in [0.3, 0.4) is 0 Å². The molecule has 1 aromatic carbocycles. The van der Waals surface area contributed by atoms with Gasteiger partial charge in [0, 0.05) is 25.9 Å². The molecule has 3 N–H and O–H groups in total. The Morgan fingerprint density at radius 3 is 2.51 bits per heavy atom. The molecule has 0 amide bonds. The molecule has 1 aliphatic rings. The number of carbonyl (C=O) groups excluding carboxylic acids is 1. The van der Waals surface area contributed by atoms with Crippen molar-refractivity contribution in [2.75, 3.05) is 31.0 Å². The molecule has 1 atom stereocenters. The summed E-state index contributed by atoms with van der Waals surface area (Å²) in [6.07, 6.45) is 5.97. The number of carbonyl (C=O) groups is 2. The van der Waals surface area contributed by atoms with Gasteiger partial charge in [0.05, 0.1) is 31.0 Å². The number of nitrogens with zero attached hydrogens (tertiary/aromatic N) is 2. The van der Waals surface area contributed by atoms with Crippen LogP contribution in [0.15, 0.2) is 24.4 Å². The molecule has 0 aliphatic heterocycles. The van der Waals surface area contributed by atoms with Crippen LogP contribution in [0.4, 0.5) is 17.3 Å². The van der Waals surface area contributed by atoms with Gasteiger partial charge in [0.2, 0.25) is 5.95 Å². The van der Waals surface area contributed by atoms with Crippen molar-refractivity contribution in [3.05, 3.63) is 35.7 Å². The number of carboxylic acid groups (broad SMARTS) is 1. The summed E-state index contributed by atoms with van der Waals surface area (Å²) in [4.78, 5) is 33.0. The van der Waals surface area contributed by atoms with Gasteiger partial charge in [-0.15, -0.1) is 0 Å². The van der Waals surface area contributed by atoms with E-state index in [2.05, 4.69) is 40.1 Å². The standard InChI is InChI=1S/C26H38N4O5/c1-16(2)15-30(19-7-9-20(34-4)10-8-19)23-11-6-18(17(3)12-24(31)32)13-21(23)28-26-27-14-22(29-26)25(33)35-5/h6,11,13-14,16-17,19-20H,7-10,12,15H2,1-5H3,(H,31,32)(H2,27,28,29)/t17-,19-,20+/m1/s1. The van der Waals surface area contributed by atoms with Gasteiger partial charge >= 0.3 is 11.9 Å². The number of aromatic amines is 1. The van der Waals surface area contributed by atoms with Crippen LogP contribution in [0.25, 0.3) is 0 Å². The Morgan fingerprint density at radius 1 is 1.20 bits per heavy atom. The van der Waals surface area contributed by atoms with Crippen LogP contribution in [0.5, 0.6) is 0 Å². The highest BCUT2D eigenvalue weighted by Gasteiger charge is 2.28. The molecular weight excluding hydrogens is 448 g/mol. The van der Waals surface area contributed by atoms with Gasteiger partial charge in [-0.25, -0.2) is 9.78 Å². The molecule has 0 saturated heterocycles. The molecule has 1 saturated carbocycles. The minimum Gasteiger partial charge on any atom is -0.481 e. The van der Waals surface area contributed by atoms with Crippen LogP contribution in [-0.4, -0.2) is 59.9 Å². The lowest BCUT2D eigenvalue weighted by Gasteiger charge is -2.40. The summed E-state index contributed by atoms with van der Waals surface area (Å²) < 4.78 is 10.4. The number of ether oxygens (including phenoxy) is 2. The summed E-state index contributed by atoms with van der Waals surface area (Å²) in [5.41, 5.74) is 2.96. The highest BCUT2D eigenvalue weighted by molar-refractivity contribution is 5.87. The van der Waals surface area contributed by atoms with Crippen LogP contribution >= 0.6 is 0 Å². The number of rotatable bonds is 11. The van der Waals surface area contributed by atoms with Crippen molar-refractivity contribution in [2.24, 2.45) is 5.92 Å². The normalized spacial score (nSPS) is 18.8. The molecule has 35 heavy (non-hydrogen) atoms. The van der Waals surface area contributed by atoms with E-state index in [0.29, 0.717) is 24.0 Å². The predicted octanol–water partition coefficient (Wildman–Crippen LogP) is 4.94.